The third-order valence-corrected chi connectivity index (χ3v) is 3.97. The van der Waals surface area contributed by atoms with Crippen LogP contribution >= 0.6 is 11.6 Å². The van der Waals surface area contributed by atoms with Crippen molar-refractivity contribution in [2.24, 2.45) is 0 Å². The van der Waals surface area contributed by atoms with Crippen molar-refractivity contribution >= 4 is 17.3 Å². The van der Waals surface area contributed by atoms with E-state index >= 15 is 0 Å². The molecule has 0 spiro atoms. The van der Waals surface area contributed by atoms with E-state index in [2.05, 4.69) is 20.1 Å². The number of hydrogen-bond acceptors (Lipinski definition) is 3. The summed E-state index contributed by atoms with van der Waals surface area (Å²) in [4.78, 5) is 0. The fourth-order valence-corrected chi connectivity index (χ4v) is 2.56. The number of nitrogens with zero attached hydrogens (tertiary/aromatic N) is 3. The standard InChI is InChI=1S/C14H17ClN4/c1-10-5-6-11(8-12(10)15)16-9-14-18-17-13-4-2-3-7-19(13)14/h5-6,8,16H,2-4,7,9H2,1H3. The van der Waals surface area contributed by atoms with Crippen LogP contribution in [0.25, 0.3) is 0 Å². The van der Waals surface area contributed by atoms with Crippen LogP contribution in [0, 0.1) is 6.92 Å². The van der Waals surface area contributed by atoms with Crippen molar-refractivity contribution in [2.45, 2.75) is 39.3 Å². The largest absolute Gasteiger partial charge is 0.378 e. The average Bonchev–Trinajstić information content (AvgIpc) is 2.83. The Hall–Kier alpha value is -1.55. The van der Waals surface area contributed by atoms with Gasteiger partial charge in [-0.25, -0.2) is 0 Å². The van der Waals surface area contributed by atoms with Gasteiger partial charge in [0.1, 0.15) is 5.82 Å². The van der Waals surface area contributed by atoms with Gasteiger partial charge in [0.2, 0.25) is 0 Å². The van der Waals surface area contributed by atoms with Crippen LogP contribution in [0.1, 0.15) is 30.1 Å². The first-order chi connectivity index (χ1) is 9.24. The Balaban J connectivity index is 1.72. The highest BCUT2D eigenvalue weighted by Crippen LogP contribution is 2.21. The maximum absolute atomic E-state index is 6.12. The highest BCUT2D eigenvalue weighted by Gasteiger charge is 2.15. The highest BCUT2D eigenvalue weighted by atomic mass is 35.5. The molecule has 1 aliphatic heterocycles. The van der Waals surface area contributed by atoms with E-state index < -0.39 is 0 Å². The Morgan fingerprint density at radius 1 is 1.32 bits per heavy atom. The van der Waals surface area contributed by atoms with Gasteiger partial charge in [0.15, 0.2) is 5.82 Å². The topological polar surface area (TPSA) is 42.7 Å². The van der Waals surface area contributed by atoms with Gasteiger partial charge in [-0.3, -0.25) is 0 Å². The van der Waals surface area contributed by atoms with E-state index in [1.54, 1.807) is 0 Å². The van der Waals surface area contributed by atoms with Gasteiger partial charge in [0.05, 0.1) is 6.54 Å². The van der Waals surface area contributed by atoms with Crippen molar-refractivity contribution in [1.82, 2.24) is 14.8 Å². The van der Waals surface area contributed by atoms with E-state index in [0.29, 0.717) is 6.54 Å². The second kappa shape index (κ2) is 5.21. The third-order valence-electron chi connectivity index (χ3n) is 3.56. The Bertz CT molecular complexity index is 591. The Morgan fingerprint density at radius 3 is 3.05 bits per heavy atom. The lowest BCUT2D eigenvalue weighted by molar-refractivity contribution is 0.510. The highest BCUT2D eigenvalue weighted by molar-refractivity contribution is 6.31. The molecule has 2 heterocycles. The minimum Gasteiger partial charge on any atom is -0.378 e. The number of hydrogen-bond donors (Lipinski definition) is 1. The zero-order chi connectivity index (χ0) is 13.2. The summed E-state index contributed by atoms with van der Waals surface area (Å²) < 4.78 is 2.23. The number of fused-ring (bicyclic) bond motifs is 1. The molecule has 0 bridgehead atoms. The zero-order valence-electron chi connectivity index (χ0n) is 11.0. The van der Waals surface area contributed by atoms with E-state index in [1.165, 1.54) is 12.8 Å². The SMILES string of the molecule is Cc1ccc(NCc2nnc3n2CCCC3)cc1Cl. The lowest BCUT2D eigenvalue weighted by Crippen LogP contribution is -2.15. The number of halogens is 1. The first-order valence-corrected chi connectivity index (χ1v) is 7.03. The first-order valence-electron chi connectivity index (χ1n) is 6.65. The maximum Gasteiger partial charge on any atom is 0.152 e. The number of aromatic nitrogens is 3. The molecule has 0 fully saturated rings. The first kappa shape index (κ1) is 12.5. The lowest BCUT2D eigenvalue weighted by Gasteiger charge is -2.15. The van der Waals surface area contributed by atoms with Crippen LogP contribution in [0.3, 0.4) is 0 Å². The molecule has 0 atom stereocenters. The van der Waals surface area contributed by atoms with Gasteiger partial charge in [-0.1, -0.05) is 17.7 Å². The summed E-state index contributed by atoms with van der Waals surface area (Å²) in [6.45, 7) is 3.72. The molecule has 0 aliphatic carbocycles. The molecule has 100 valence electrons. The van der Waals surface area contributed by atoms with Gasteiger partial charge in [-0.2, -0.15) is 0 Å². The molecular formula is C14H17ClN4. The second-order valence-electron chi connectivity index (χ2n) is 4.96. The predicted molar refractivity (Wildman–Crippen MR) is 76.5 cm³/mol. The van der Waals surface area contributed by atoms with Crippen LogP contribution in [-0.4, -0.2) is 14.8 Å². The normalized spacial score (nSPS) is 14.2. The molecule has 5 heteroatoms. The fraction of sp³-hybridized carbons (Fsp3) is 0.429. The summed E-state index contributed by atoms with van der Waals surface area (Å²) in [5.74, 6) is 2.12. The number of benzene rings is 1. The maximum atomic E-state index is 6.12. The van der Waals surface area contributed by atoms with Crippen molar-refractivity contribution < 1.29 is 0 Å². The van der Waals surface area contributed by atoms with Crippen molar-refractivity contribution in [3.8, 4) is 0 Å². The van der Waals surface area contributed by atoms with Crippen LogP contribution in [0.15, 0.2) is 18.2 Å². The van der Waals surface area contributed by atoms with E-state index in [0.717, 1.165) is 40.9 Å². The molecule has 1 aliphatic rings. The Labute approximate surface area is 117 Å². The Kier molecular flexibility index (Phi) is 3.42. The van der Waals surface area contributed by atoms with Crippen molar-refractivity contribution in [2.75, 3.05) is 5.32 Å². The summed E-state index contributed by atoms with van der Waals surface area (Å²) in [6.07, 6.45) is 3.48. The summed E-state index contributed by atoms with van der Waals surface area (Å²) in [5.41, 5.74) is 2.11. The minimum atomic E-state index is 0.687. The number of anilines is 1. The third kappa shape index (κ3) is 2.59. The quantitative estimate of drug-likeness (QED) is 0.936. The van der Waals surface area contributed by atoms with Crippen LogP contribution in [0.5, 0.6) is 0 Å². The van der Waals surface area contributed by atoms with Crippen molar-refractivity contribution in [3.05, 3.63) is 40.4 Å². The summed E-state index contributed by atoms with van der Waals surface area (Å²) in [5, 5.41) is 12.7. The fourth-order valence-electron chi connectivity index (χ4n) is 2.38. The predicted octanol–water partition coefficient (Wildman–Crippen LogP) is 3.19. The van der Waals surface area contributed by atoms with Crippen LogP contribution in [0.4, 0.5) is 5.69 Å². The van der Waals surface area contributed by atoms with Crippen LogP contribution in [-0.2, 0) is 19.5 Å². The van der Waals surface area contributed by atoms with Gasteiger partial charge < -0.3 is 9.88 Å². The molecule has 0 amide bonds. The van der Waals surface area contributed by atoms with Gasteiger partial charge in [-0.05, 0) is 37.5 Å². The lowest BCUT2D eigenvalue weighted by atomic mass is 10.1. The second-order valence-corrected chi connectivity index (χ2v) is 5.37. The molecule has 1 N–H and O–H groups in total. The summed E-state index contributed by atoms with van der Waals surface area (Å²) >= 11 is 6.12. The average molecular weight is 277 g/mol. The monoisotopic (exact) mass is 276 g/mol. The summed E-state index contributed by atoms with van der Waals surface area (Å²) in [7, 11) is 0. The van der Waals surface area contributed by atoms with E-state index in [9.17, 15) is 0 Å². The molecule has 4 nitrogen and oxygen atoms in total. The Morgan fingerprint density at radius 2 is 2.21 bits per heavy atom. The van der Waals surface area contributed by atoms with Gasteiger partial charge in [-0.15, -0.1) is 10.2 Å². The van der Waals surface area contributed by atoms with Crippen LogP contribution in [0.2, 0.25) is 5.02 Å². The smallest absolute Gasteiger partial charge is 0.152 e. The molecule has 0 saturated carbocycles. The molecular weight excluding hydrogens is 260 g/mol. The molecule has 19 heavy (non-hydrogen) atoms. The number of aryl methyl sites for hydroxylation is 2. The molecule has 2 aromatic rings. The van der Waals surface area contributed by atoms with Gasteiger partial charge in [0.25, 0.3) is 0 Å². The minimum absolute atomic E-state index is 0.687. The molecule has 0 radical (unpaired) electrons. The molecule has 3 rings (SSSR count). The molecule has 0 saturated heterocycles. The zero-order valence-corrected chi connectivity index (χ0v) is 11.7. The van der Waals surface area contributed by atoms with Crippen molar-refractivity contribution in [1.29, 1.82) is 0 Å². The molecule has 0 unspecified atom stereocenters. The number of rotatable bonds is 3. The van der Waals surface area contributed by atoms with Crippen LogP contribution < -0.4 is 5.32 Å². The van der Waals surface area contributed by atoms with E-state index in [-0.39, 0.29) is 0 Å². The van der Waals surface area contributed by atoms with E-state index in [4.69, 9.17) is 11.6 Å². The number of nitrogens with one attached hydrogen (secondary N) is 1. The van der Waals surface area contributed by atoms with Gasteiger partial charge in [0, 0.05) is 23.7 Å². The van der Waals surface area contributed by atoms with E-state index in [1.807, 2.05) is 25.1 Å². The summed E-state index contributed by atoms with van der Waals surface area (Å²) in [6, 6.07) is 6.00. The molecule has 1 aromatic carbocycles. The molecule has 1 aromatic heterocycles. The van der Waals surface area contributed by atoms with Gasteiger partial charge >= 0.3 is 0 Å². The van der Waals surface area contributed by atoms with Crippen molar-refractivity contribution in [3.63, 3.8) is 0 Å².